The van der Waals surface area contributed by atoms with Crippen molar-refractivity contribution in [2.75, 3.05) is 19.7 Å². The number of nitrogens with one attached hydrogen (secondary N) is 2. The first-order valence-electron chi connectivity index (χ1n) is 8.55. The van der Waals surface area contributed by atoms with Crippen LogP contribution in [0.15, 0.2) is 53.5 Å². The largest absolute Gasteiger partial charge is 0.375 e. The van der Waals surface area contributed by atoms with Gasteiger partial charge in [-0.25, -0.2) is 9.38 Å². The van der Waals surface area contributed by atoms with Crippen LogP contribution in [-0.4, -0.2) is 25.7 Å². The summed E-state index contributed by atoms with van der Waals surface area (Å²) in [6.07, 6.45) is 0. The van der Waals surface area contributed by atoms with E-state index in [0.29, 0.717) is 43.4 Å². The number of benzene rings is 2. The number of nitrogens with zero attached hydrogens (tertiary/aromatic N) is 2. The number of ether oxygens (including phenoxy) is 1. The quantitative estimate of drug-likeness (QED) is 0.434. The Balaban J connectivity index is 1.80. The molecule has 0 atom stereocenters. The van der Waals surface area contributed by atoms with E-state index in [-0.39, 0.29) is 6.54 Å². The van der Waals surface area contributed by atoms with Gasteiger partial charge in [-0.2, -0.15) is 5.26 Å². The third-order valence-electron chi connectivity index (χ3n) is 3.58. The maximum atomic E-state index is 13.9. The molecule has 2 aromatic carbocycles. The van der Waals surface area contributed by atoms with E-state index in [2.05, 4.69) is 15.6 Å². The van der Waals surface area contributed by atoms with Crippen LogP contribution in [0.1, 0.15) is 23.6 Å². The molecule has 5 nitrogen and oxygen atoms in total. The van der Waals surface area contributed by atoms with E-state index in [0.717, 1.165) is 5.56 Å². The predicted octanol–water partition coefficient (Wildman–Crippen LogP) is 2.97. The summed E-state index contributed by atoms with van der Waals surface area (Å²) in [7, 11) is 0. The Labute approximate surface area is 153 Å². The van der Waals surface area contributed by atoms with E-state index in [1.807, 2.05) is 43.3 Å². The van der Waals surface area contributed by atoms with Gasteiger partial charge in [-0.1, -0.05) is 36.4 Å². The van der Waals surface area contributed by atoms with Crippen molar-refractivity contribution < 1.29 is 9.13 Å². The minimum Gasteiger partial charge on any atom is -0.375 e. The highest BCUT2D eigenvalue weighted by atomic mass is 19.1. The Morgan fingerprint density at radius 3 is 2.69 bits per heavy atom. The first-order chi connectivity index (χ1) is 12.7. The fourth-order valence-electron chi connectivity index (χ4n) is 2.26. The van der Waals surface area contributed by atoms with Crippen molar-refractivity contribution >= 4 is 5.96 Å². The topological polar surface area (TPSA) is 69.4 Å². The van der Waals surface area contributed by atoms with Crippen LogP contribution in [0.5, 0.6) is 0 Å². The summed E-state index contributed by atoms with van der Waals surface area (Å²) in [6.45, 7) is 4.54. The summed E-state index contributed by atoms with van der Waals surface area (Å²) in [5.74, 6) is 0.175. The average molecular weight is 354 g/mol. The number of hydrogen-bond acceptors (Lipinski definition) is 3. The smallest absolute Gasteiger partial charge is 0.191 e. The Bertz CT molecular complexity index is 756. The maximum Gasteiger partial charge on any atom is 0.191 e. The van der Waals surface area contributed by atoms with Crippen LogP contribution in [0.3, 0.4) is 0 Å². The molecule has 0 aliphatic carbocycles. The van der Waals surface area contributed by atoms with Gasteiger partial charge < -0.3 is 15.4 Å². The number of nitriles is 1. The summed E-state index contributed by atoms with van der Waals surface area (Å²) < 4.78 is 19.5. The molecule has 0 unspecified atom stereocenters. The fourth-order valence-corrected chi connectivity index (χ4v) is 2.26. The lowest BCUT2D eigenvalue weighted by atomic mass is 10.1. The van der Waals surface area contributed by atoms with Gasteiger partial charge >= 0.3 is 0 Å². The van der Waals surface area contributed by atoms with Crippen molar-refractivity contribution in [3.8, 4) is 6.07 Å². The Morgan fingerprint density at radius 2 is 2.00 bits per heavy atom. The van der Waals surface area contributed by atoms with Gasteiger partial charge in [0.05, 0.1) is 31.4 Å². The van der Waals surface area contributed by atoms with Crippen LogP contribution >= 0.6 is 0 Å². The number of hydrogen-bond donors (Lipinski definition) is 2. The molecule has 136 valence electrons. The van der Waals surface area contributed by atoms with E-state index in [1.54, 1.807) is 12.1 Å². The molecule has 0 aromatic heterocycles. The second-order valence-electron chi connectivity index (χ2n) is 5.58. The molecule has 0 saturated heterocycles. The zero-order valence-electron chi connectivity index (χ0n) is 14.8. The van der Waals surface area contributed by atoms with E-state index in [1.165, 1.54) is 6.07 Å². The van der Waals surface area contributed by atoms with E-state index in [4.69, 9.17) is 10.00 Å². The van der Waals surface area contributed by atoms with Crippen molar-refractivity contribution in [1.29, 1.82) is 5.26 Å². The molecule has 0 aliphatic rings. The molecule has 6 heteroatoms. The fraction of sp³-hybridized carbons (Fsp3) is 0.300. The average Bonchev–Trinajstić information content (AvgIpc) is 2.67. The zero-order valence-corrected chi connectivity index (χ0v) is 14.8. The predicted molar refractivity (Wildman–Crippen MR) is 100 cm³/mol. The van der Waals surface area contributed by atoms with Crippen molar-refractivity contribution in [3.05, 3.63) is 71.0 Å². The molecule has 2 aromatic rings. The van der Waals surface area contributed by atoms with Gasteiger partial charge in [-0.15, -0.1) is 0 Å². The van der Waals surface area contributed by atoms with E-state index < -0.39 is 5.82 Å². The van der Waals surface area contributed by atoms with Gasteiger partial charge in [0, 0.05) is 18.7 Å². The van der Waals surface area contributed by atoms with Crippen LogP contribution < -0.4 is 10.6 Å². The molecule has 2 rings (SSSR count). The highest BCUT2D eigenvalue weighted by molar-refractivity contribution is 5.79. The summed E-state index contributed by atoms with van der Waals surface area (Å²) >= 11 is 0. The van der Waals surface area contributed by atoms with Crippen molar-refractivity contribution in [3.63, 3.8) is 0 Å². The molecule has 0 bridgehead atoms. The van der Waals surface area contributed by atoms with E-state index in [9.17, 15) is 4.39 Å². The minimum atomic E-state index is -0.421. The summed E-state index contributed by atoms with van der Waals surface area (Å²) in [5.41, 5.74) is 1.88. The van der Waals surface area contributed by atoms with Crippen LogP contribution in [-0.2, 0) is 17.9 Å². The maximum absolute atomic E-state index is 13.9. The van der Waals surface area contributed by atoms with Crippen LogP contribution in [0.4, 0.5) is 4.39 Å². The molecule has 26 heavy (non-hydrogen) atoms. The second-order valence-corrected chi connectivity index (χ2v) is 5.58. The van der Waals surface area contributed by atoms with Crippen LogP contribution in [0.2, 0.25) is 0 Å². The Kier molecular flexibility index (Phi) is 8.10. The molecule has 0 saturated carbocycles. The lowest BCUT2D eigenvalue weighted by molar-refractivity contribution is 0.125. The number of aliphatic imine (C=N–C) groups is 1. The molecule has 0 radical (unpaired) electrons. The van der Waals surface area contributed by atoms with Gasteiger partial charge in [0.2, 0.25) is 0 Å². The van der Waals surface area contributed by atoms with Crippen LogP contribution in [0.25, 0.3) is 0 Å². The molecular formula is C20H23FN4O. The Morgan fingerprint density at radius 1 is 1.19 bits per heavy atom. The summed E-state index contributed by atoms with van der Waals surface area (Å²) in [4.78, 5) is 4.37. The highest BCUT2D eigenvalue weighted by Gasteiger charge is 2.04. The minimum absolute atomic E-state index is 0.192. The lowest BCUT2D eigenvalue weighted by Crippen LogP contribution is -2.39. The van der Waals surface area contributed by atoms with Gasteiger partial charge in [-0.05, 0) is 24.6 Å². The molecular weight excluding hydrogens is 331 g/mol. The monoisotopic (exact) mass is 354 g/mol. The van der Waals surface area contributed by atoms with Crippen molar-refractivity contribution in [2.45, 2.75) is 20.1 Å². The molecule has 0 fully saturated rings. The standard InChI is InChI=1S/C20H23FN4O/c1-2-23-20(24-10-11-26-15-16-6-4-3-5-7-16)25-14-18-9-8-17(13-22)12-19(18)21/h3-9,12H,2,10-11,14-15H2,1H3,(H2,23,24,25). The SMILES string of the molecule is CCNC(=NCc1ccc(C#N)cc1F)NCCOCc1ccccc1. The van der Waals surface area contributed by atoms with E-state index >= 15 is 0 Å². The Hall–Kier alpha value is -2.91. The normalized spacial score (nSPS) is 11.0. The zero-order chi connectivity index (χ0) is 18.6. The first-order valence-corrected chi connectivity index (χ1v) is 8.55. The number of halogens is 1. The van der Waals surface area contributed by atoms with Crippen molar-refractivity contribution in [1.82, 2.24) is 10.6 Å². The van der Waals surface area contributed by atoms with Gasteiger partial charge in [0.1, 0.15) is 5.82 Å². The number of rotatable bonds is 8. The van der Waals surface area contributed by atoms with Crippen LogP contribution in [0, 0.1) is 17.1 Å². The third kappa shape index (κ3) is 6.54. The van der Waals surface area contributed by atoms with Gasteiger partial charge in [-0.3, -0.25) is 0 Å². The first kappa shape index (κ1) is 19.4. The second kappa shape index (κ2) is 10.9. The highest BCUT2D eigenvalue weighted by Crippen LogP contribution is 2.11. The van der Waals surface area contributed by atoms with Crippen molar-refractivity contribution in [2.24, 2.45) is 4.99 Å². The van der Waals surface area contributed by atoms with Gasteiger partial charge in [0.25, 0.3) is 0 Å². The third-order valence-corrected chi connectivity index (χ3v) is 3.58. The summed E-state index contributed by atoms with van der Waals surface area (Å²) in [6, 6.07) is 16.3. The van der Waals surface area contributed by atoms with Gasteiger partial charge in [0.15, 0.2) is 5.96 Å². The summed E-state index contributed by atoms with van der Waals surface area (Å²) in [5, 5.41) is 15.0. The molecule has 0 aliphatic heterocycles. The lowest BCUT2D eigenvalue weighted by Gasteiger charge is -2.12. The molecule has 2 N–H and O–H groups in total. The molecule has 0 heterocycles. The number of guanidine groups is 1. The molecule has 0 amide bonds. The molecule has 0 spiro atoms.